The van der Waals surface area contributed by atoms with Crippen LogP contribution in [0.1, 0.15) is 37.7 Å². The van der Waals surface area contributed by atoms with Crippen LogP contribution in [0.5, 0.6) is 0 Å². The van der Waals surface area contributed by atoms with Crippen molar-refractivity contribution < 1.29 is 14.3 Å². The number of hydrogen-bond donors (Lipinski definition) is 1. The molecule has 2 rings (SSSR count). The third kappa shape index (κ3) is 4.59. The maximum absolute atomic E-state index is 12.2. The summed E-state index contributed by atoms with van der Waals surface area (Å²) in [5.41, 5.74) is 0.947. The molecule has 0 aromatic heterocycles. The molecule has 1 aliphatic rings. The van der Waals surface area contributed by atoms with E-state index >= 15 is 0 Å². The predicted octanol–water partition coefficient (Wildman–Crippen LogP) is 2.47. The van der Waals surface area contributed by atoms with Crippen LogP contribution in [0.3, 0.4) is 0 Å². The predicted molar refractivity (Wildman–Crippen MR) is 80.7 cm³/mol. The van der Waals surface area contributed by atoms with Crippen molar-refractivity contribution in [3.8, 4) is 0 Å². The van der Waals surface area contributed by atoms with E-state index in [-0.39, 0.29) is 17.8 Å². The van der Waals surface area contributed by atoms with Crippen molar-refractivity contribution in [2.24, 2.45) is 5.92 Å². The van der Waals surface area contributed by atoms with Crippen LogP contribution in [-0.4, -0.2) is 25.0 Å². The van der Waals surface area contributed by atoms with Crippen LogP contribution in [-0.2, 0) is 20.7 Å². The van der Waals surface area contributed by atoms with Gasteiger partial charge in [-0.1, -0.05) is 49.6 Å². The van der Waals surface area contributed by atoms with Gasteiger partial charge in [0.15, 0.2) is 0 Å². The molecule has 0 bridgehead atoms. The van der Waals surface area contributed by atoms with Crippen molar-refractivity contribution in [2.75, 3.05) is 7.11 Å². The molecule has 1 N–H and O–H groups in total. The van der Waals surface area contributed by atoms with Crippen molar-refractivity contribution in [3.63, 3.8) is 0 Å². The lowest BCUT2D eigenvalue weighted by molar-refractivity contribution is -0.147. The van der Waals surface area contributed by atoms with Crippen molar-refractivity contribution in [1.29, 1.82) is 0 Å². The van der Waals surface area contributed by atoms with Gasteiger partial charge in [-0.25, -0.2) is 4.79 Å². The molecular weight excluding hydrogens is 266 g/mol. The second kappa shape index (κ2) is 7.81. The molecule has 1 fully saturated rings. The fourth-order valence-electron chi connectivity index (χ4n) is 2.97. The minimum absolute atomic E-state index is 0.123. The number of rotatable bonds is 5. The lowest BCUT2D eigenvalue weighted by Crippen LogP contribution is -2.47. The number of carbonyl (C=O) groups is 2. The van der Waals surface area contributed by atoms with Gasteiger partial charge in [-0.05, 0) is 24.3 Å². The molecule has 0 aliphatic heterocycles. The van der Waals surface area contributed by atoms with Gasteiger partial charge in [-0.15, -0.1) is 0 Å². The molecule has 21 heavy (non-hydrogen) atoms. The van der Waals surface area contributed by atoms with E-state index < -0.39 is 6.04 Å². The molecule has 4 nitrogen and oxygen atoms in total. The minimum Gasteiger partial charge on any atom is -0.467 e. The molecule has 1 atom stereocenters. The van der Waals surface area contributed by atoms with Gasteiger partial charge in [0.25, 0.3) is 0 Å². The molecule has 1 aromatic carbocycles. The first kappa shape index (κ1) is 15.5. The number of carbonyl (C=O) groups excluding carboxylic acids is 2. The van der Waals surface area contributed by atoms with Gasteiger partial charge < -0.3 is 10.1 Å². The van der Waals surface area contributed by atoms with Gasteiger partial charge in [0.1, 0.15) is 6.04 Å². The topological polar surface area (TPSA) is 55.4 Å². The molecule has 114 valence electrons. The van der Waals surface area contributed by atoms with Crippen LogP contribution in [0.25, 0.3) is 0 Å². The maximum Gasteiger partial charge on any atom is 0.328 e. The van der Waals surface area contributed by atoms with Crippen LogP contribution < -0.4 is 5.32 Å². The summed E-state index contributed by atoms with van der Waals surface area (Å²) in [6.45, 7) is 0. The first-order valence-electron chi connectivity index (χ1n) is 7.62. The van der Waals surface area contributed by atoms with E-state index in [0.717, 1.165) is 31.2 Å². The van der Waals surface area contributed by atoms with Crippen LogP contribution in [0.4, 0.5) is 0 Å². The van der Waals surface area contributed by atoms with Gasteiger partial charge in [0.05, 0.1) is 13.5 Å². The van der Waals surface area contributed by atoms with Crippen molar-refractivity contribution in [1.82, 2.24) is 5.32 Å². The third-order valence-corrected chi connectivity index (χ3v) is 4.10. The molecule has 0 saturated heterocycles. The molecule has 1 amide bonds. The summed E-state index contributed by atoms with van der Waals surface area (Å²) in [6, 6.07) is 9.04. The largest absolute Gasteiger partial charge is 0.467 e. The Morgan fingerprint density at radius 1 is 1.19 bits per heavy atom. The Hall–Kier alpha value is -1.84. The fourth-order valence-corrected chi connectivity index (χ4v) is 2.97. The zero-order valence-corrected chi connectivity index (χ0v) is 12.5. The van der Waals surface area contributed by atoms with Crippen LogP contribution in [0.15, 0.2) is 30.3 Å². The lowest BCUT2D eigenvalue weighted by atomic mass is 9.83. The summed E-state index contributed by atoms with van der Waals surface area (Å²) < 4.78 is 4.86. The average molecular weight is 289 g/mol. The Balaban J connectivity index is 1.97. The van der Waals surface area contributed by atoms with Gasteiger partial charge in [0, 0.05) is 0 Å². The maximum atomic E-state index is 12.2. The highest BCUT2D eigenvalue weighted by molar-refractivity contribution is 5.85. The summed E-state index contributed by atoms with van der Waals surface area (Å²) in [4.78, 5) is 24.1. The average Bonchev–Trinajstić information content (AvgIpc) is 2.53. The van der Waals surface area contributed by atoms with Crippen LogP contribution >= 0.6 is 0 Å². The van der Waals surface area contributed by atoms with Crippen molar-refractivity contribution in [2.45, 2.75) is 44.6 Å². The van der Waals surface area contributed by atoms with Crippen molar-refractivity contribution >= 4 is 11.9 Å². The number of methoxy groups -OCH3 is 1. The Bertz CT molecular complexity index is 466. The Labute approximate surface area is 125 Å². The summed E-state index contributed by atoms with van der Waals surface area (Å²) in [6.07, 6.45) is 5.69. The molecule has 1 saturated carbocycles. The van der Waals surface area contributed by atoms with E-state index in [1.165, 1.54) is 13.5 Å². The lowest BCUT2D eigenvalue weighted by Gasteiger charge is -2.29. The van der Waals surface area contributed by atoms with Crippen LogP contribution in [0, 0.1) is 5.92 Å². The summed E-state index contributed by atoms with van der Waals surface area (Å²) in [5.74, 6) is -0.253. The summed E-state index contributed by atoms with van der Waals surface area (Å²) >= 11 is 0. The van der Waals surface area contributed by atoms with Crippen LogP contribution in [0.2, 0.25) is 0 Å². The molecule has 4 heteroatoms. The SMILES string of the molecule is COC(=O)[C@@H](NC(=O)Cc1ccccc1)C1CCCCC1. The van der Waals surface area contributed by atoms with E-state index in [2.05, 4.69) is 5.32 Å². The van der Waals surface area contributed by atoms with Gasteiger partial charge in [-0.3, -0.25) is 4.79 Å². The molecule has 0 heterocycles. The molecule has 0 unspecified atom stereocenters. The first-order valence-corrected chi connectivity index (χ1v) is 7.62. The summed E-state index contributed by atoms with van der Waals surface area (Å²) in [7, 11) is 1.38. The van der Waals surface area contributed by atoms with E-state index in [1.807, 2.05) is 30.3 Å². The first-order chi connectivity index (χ1) is 10.2. The number of amides is 1. The number of nitrogens with one attached hydrogen (secondary N) is 1. The smallest absolute Gasteiger partial charge is 0.328 e. The standard InChI is InChI=1S/C17H23NO3/c1-21-17(20)16(14-10-6-3-7-11-14)18-15(19)12-13-8-4-2-5-9-13/h2,4-5,8-9,14,16H,3,6-7,10-12H2,1H3,(H,18,19)/t16-/m0/s1. The zero-order valence-electron chi connectivity index (χ0n) is 12.5. The van der Waals surface area contributed by atoms with Crippen molar-refractivity contribution in [3.05, 3.63) is 35.9 Å². The van der Waals surface area contributed by atoms with E-state index in [1.54, 1.807) is 0 Å². The third-order valence-electron chi connectivity index (χ3n) is 4.10. The summed E-state index contributed by atoms with van der Waals surface area (Å²) in [5, 5.41) is 2.87. The highest BCUT2D eigenvalue weighted by atomic mass is 16.5. The van der Waals surface area contributed by atoms with Gasteiger partial charge in [0.2, 0.25) is 5.91 Å². The number of esters is 1. The number of ether oxygens (including phenoxy) is 1. The van der Waals surface area contributed by atoms with E-state index in [0.29, 0.717) is 6.42 Å². The van der Waals surface area contributed by atoms with Gasteiger partial charge in [-0.2, -0.15) is 0 Å². The zero-order chi connectivity index (χ0) is 15.1. The Kier molecular flexibility index (Phi) is 5.78. The minimum atomic E-state index is -0.508. The highest BCUT2D eigenvalue weighted by Gasteiger charge is 2.31. The van der Waals surface area contributed by atoms with E-state index in [9.17, 15) is 9.59 Å². The number of benzene rings is 1. The second-order valence-corrected chi connectivity index (χ2v) is 5.63. The van der Waals surface area contributed by atoms with Gasteiger partial charge >= 0.3 is 5.97 Å². The highest BCUT2D eigenvalue weighted by Crippen LogP contribution is 2.27. The second-order valence-electron chi connectivity index (χ2n) is 5.63. The molecule has 1 aliphatic carbocycles. The number of hydrogen-bond acceptors (Lipinski definition) is 3. The Morgan fingerprint density at radius 2 is 1.86 bits per heavy atom. The Morgan fingerprint density at radius 3 is 2.48 bits per heavy atom. The normalized spacial score (nSPS) is 17.0. The van der Waals surface area contributed by atoms with E-state index in [4.69, 9.17) is 4.74 Å². The molecule has 1 aromatic rings. The monoisotopic (exact) mass is 289 g/mol. The fraction of sp³-hybridized carbons (Fsp3) is 0.529. The quantitative estimate of drug-likeness (QED) is 0.847. The molecular formula is C17H23NO3. The molecule has 0 spiro atoms. The molecule has 0 radical (unpaired) electrons.